The van der Waals surface area contributed by atoms with Gasteiger partial charge in [0.2, 0.25) is 11.7 Å². The summed E-state index contributed by atoms with van der Waals surface area (Å²) in [5.41, 5.74) is 0.836. The Kier molecular flexibility index (Phi) is 4.43. The lowest BCUT2D eigenvalue weighted by Crippen LogP contribution is -2.24. The van der Waals surface area contributed by atoms with Gasteiger partial charge in [-0.15, -0.1) is 0 Å². The van der Waals surface area contributed by atoms with E-state index in [-0.39, 0.29) is 0 Å². The number of pyridine rings is 1. The molecule has 0 amide bonds. The molecule has 0 saturated heterocycles. The zero-order valence-corrected chi connectivity index (χ0v) is 11.9. The second kappa shape index (κ2) is 6.06. The van der Waals surface area contributed by atoms with Crippen LogP contribution in [0.3, 0.4) is 0 Å². The molecule has 0 radical (unpaired) electrons. The molecule has 1 atom stereocenters. The van der Waals surface area contributed by atoms with Crippen molar-refractivity contribution in [1.29, 1.82) is 0 Å². The van der Waals surface area contributed by atoms with Gasteiger partial charge in [0.15, 0.2) is 0 Å². The molecule has 0 bridgehead atoms. The van der Waals surface area contributed by atoms with Crippen LogP contribution in [-0.2, 0) is 6.54 Å². The van der Waals surface area contributed by atoms with Crippen LogP contribution < -0.4 is 5.32 Å². The van der Waals surface area contributed by atoms with E-state index in [0.717, 1.165) is 16.5 Å². The Labute approximate surface area is 114 Å². The van der Waals surface area contributed by atoms with E-state index < -0.39 is 0 Å². The molecule has 6 heteroatoms. The normalized spacial score (nSPS) is 12.6. The lowest BCUT2D eigenvalue weighted by Gasteiger charge is -2.07. The Hall–Kier alpha value is -1.27. The van der Waals surface area contributed by atoms with Gasteiger partial charge >= 0.3 is 0 Å². The van der Waals surface area contributed by atoms with E-state index >= 15 is 0 Å². The second-order valence-electron chi connectivity index (χ2n) is 4.09. The first kappa shape index (κ1) is 13.2. The van der Waals surface area contributed by atoms with E-state index in [1.807, 2.05) is 6.07 Å². The number of rotatable bonds is 5. The SMILES string of the molecule is CCC(C)NCc1nc(-c2cncc(Br)c2)no1. The van der Waals surface area contributed by atoms with Crippen molar-refractivity contribution in [1.82, 2.24) is 20.4 Å². The van der Waals surface area contributed by atoms with Crippen LogP contribution in [0.5, 0.6) is 0 Å². The van der Waals surface area contributed by atoms with Gasteiger partial charge in [0, 0.05) is 28.5 Å². The molecule has 2 aromatic rings. The maximum Gasteiger partial charge on any atom is 0.240 e. The molecule has 0 aliphatic rings. The van der Waals surface area contributed by atoms with Crippen LogP contribution in [0.2, 0.25) is 0 Å². The van der Waals surface area contributed by atoms with E-state index in [4.69, 9.17) is 4.52 Å². The topological polar surface area (TPSA) is 63.8 Å². The highest BCUT2D eigenvalue weighted by atomic mass is 79.9. The lowest BCUT2D eigenvalue weighted by molar-refractivity contribution is 0.358. The van der Waals surface area contributed by atoms with Crippen molar-refractivity contribution in [2.45, 2.75) is 32.9 Å². The maximum absolute atomic E-state index is 5.19. The Morgan fingerprint density at radius 1 is 1.44 bits per heavy atom. The molecule has 1 N–H and O–H groups in total. The first-order valence-corrected chi connectivity index (χ1v) is 6.65. The summed E-state index contributed by atoms with van der Waals surface area (Å²) in [4.78, 5) is 8.40. The molecule has 5 nitrogen and oxygen atoms in total. The van der Waals surface area contributed by atoms with Crippen LogP contribution in [0.1, 0.15) is 26.2 Å². The van der Waals surface area contributed by atoms with Crippen LogP contribution in [0.15, 0.2) is 27.5 Å². The minimum atomic E-state index is 0.438. The molecule has 0 fully saturated rings. The van der Waals surface area contributed by atoms with Crippen LogP contribution in [0, 0.1) is 0 Å². The molecular weight excluding hydrogens is 296 g/mol. The number of hydrogen-bond donors (Lipinski definition) is 1. The molecule has 0 saturated carbocycles. The molecule has 0 spiro atoms. The van der Waals surface area contributed by atoms with Crippen LogP contribution in [-0.4, -0.2) is 21.2 Å². The minimum absolute atomic E-state index is 0.438. The van der Waals surface area contributed by atoms with Gasteiger partial charge in [-0.2, -0.15) is 4.98 Å². The summed E-state index contributed by atoms with van der Waals surface area (Å²) in [6.07, 6.45) is 4.49. The molecule has 1 unspecified atom stereocenters. The first-order valence-electron chi connectivity index (χ1n) is 5.86. The zero-order chi connectivity index (χ0) is 13.0. The highest BCUT2D eigenvalue weighted by Crippen LogP contribution is 2.18. The summed E-state index contributed by atoms with van der Waals surface area (Å²) >= 11 is 3.36. The summed E-state index contributed by atoms with van der Waals surface area (Å²) in [6, 6.07) is 2.34. The van der Waals surface area contributed by atoms with Gasteiger partial charge in [-0.3, -0.25) is 4.98 Å². The molecule has 0 aliphatic heterocycles. The molecule has 18 heavy (non-hydrogen) atoms. The van der Waals surface area contributed by atoms with Gasteiger partial charge in [-0.25, -0.2) is 0 Å². The Balaban J connectivity index is 2.06. The van der Waals surface area contributed by atoms with Gasteiger partial charge in [0.25, 0.3) is 0 Å². The fraction of sp³-hybridized carbons (Fsp3) is 0.417. The lowest BCUT2D eigenvalue weighted by atomic mass is 10.2. The number of nitrogens with one attached hydrogen (secondary N) is 1. The fourth-order valence-corrected chi connectivity index (χ4v) is 1.75. The molecule has 2 aromatic heterocycles. The Bertz CT molecular complexity index is 514. The Morgan fingerprint density at radius 2 is 2.28 bits per heavy atom. The average Bonchev–Trinajstić information content (AvgIpc) is 2.84. The molecule has 0 aliphatic carbocycles. The monoisotopic (exact) mass is 310 g/mol. The van der Waals surface area contributed by atoms with Gasteiger partial charge < -0.3 is 9.84 Å². The first-order chi connectivity index (χ1) is 8.69. The van der Waals surface area contributed by atoms with Crippen molar-refractivity contribution in [3.05, 3.63) is 28.8 Å². The number of halogens is 1. The van der Waals surface area contributed by atoms with E-state index in [2.05, 4.69) is 50.2 Å². The van der Waals surface area contributed by atoms with Gasteiger partial charge in [0.1, 0.15) is 0 Å². The van der Waals surface area contributed by atoms with E-state index in [1.54, 1.807) is 12.4 Å². The smallest absolute Gasteiger partial charge is 0.240 e. The predicted molar refractivity (Wildman–Crippen MR) is 71.8 cm³/mol. The number of nitrogens with zero attached hydrogens (tertiary/aromatic N) is 3. The third kappa shape index (κ3) is 3.36. The number of hydrogen-bond acceptors (Lipinski definition) is 5. The summed E-state index contributed by atoms with van der Waals surface area (Å²) < 4.78 is 6.08. The summed E-state index contributed by atoms with van der Waals surface area (Å²) in [6.45, 7) is 4.84. The van der Waals surface area contributed by atoms with Crippen molar-refractivity contribution in [3.63, 3.8) is 0 Å². The van der Waals surface area contributed by atoms with Crippen LogP contribution >= 0.6 is 15.9 Å². The van der Waals surface area contributed by atoms with Gasteiger partial charge in [0.05, 0.1) is 6.54 Å². The Morgan fingerprint density at radius 3 is 3.00 bits per heavy atom. The quantitative estimate of drug-likeness (QED) is 0.920. The third-order valence-electron chi connectivity index (χ3n) is 2.65. The average molecular weight is 311 g/mol. The van der Waals surface area contributed by atoms with Crippen molar-refractivity contribution in [2.75, 3.05) is 0 Å². The van der Waals surface area contributed by atoms with E-state index in [1.165, 1.54) is 0 Å². The van der Waals surface area contributed by atoms with Crippen molar-refractivity contribution < 1.29 is 4.52 Å². The molecule has 2 heterocycles. The van der Waals surface area contributed by atoms with Crippen molar-refractivity contribution >= 4 is 15.9 Å². The van der Waals surface area contributed by atoms with Crippen LogP contribution in [0.4, 0.5) is 0 Å². The third-order valence-corrected chi connectivity index (χ3v) is 3.08. The highest BCUT2D eigenvalue weighted by Gasteiger charge is 2.09. The molecule has 0 aromatic carbocycles. The molecule has 96 valence electrons. The molecule has 2 rings (SSSR count). The second-order valence-corrected chi connectivity index (χ2v) is 5.01. The summed E-state index contributed by atoms with van der Waals surface area (Å²) in [5, 5.41) is 7.25. The van der Waals surface area contributed by atoms with E-state index in [9.17, 15) is 0 Å². The van der Waals surface area contributed by atoms with E-state index in [0.29, 0.717) is 24.3 Å². The molecular formula is C12H15BrN4O. The van der Waals surface area contributed by atoms with Crippen LogP contribution in [0.25, 0.3) is 11.4 Å². The fourth-order valence-electron chi connectivity index (χ4n) is 1.38. The summed E-state index contributed by atoms with van der Waals surface area (Å²) in [7, 11) is 0. The van der Waals surface area contributed by atoms with Crippen molar-refractivity contribution in [2.24, 2.45) is 0 Å². The van der Waals surface area contributed by atoms with Gasteiger partial charge in [-0.05, 0) is 35.3 Å². The standard InChI is InChI=1S/C12H15BrN4O/c1-3-8(2)15-7-11-16-12(17-18-11)9-4-10(13)6-14-5-9/h4-6,8,15H,3,7H2,1-2H3. The highest BCUT2D eigenvalue weighted by molar-refractivity contribution is 9.10. The number of aromatic nitrogens is 3. The summed E-state index contributed by atoms with van der Waals surface area (Å²) in [5.74, 6) is 1.15. The minimum Gasteiger partial charge on any atom is -0.338 e. The largest absolute Gasteiger partial charge is 0.338 e. The maximum atomic E-state index is 5.19. The van der Waals surface area contributed by atoms with Gasteiger partial charge in [-0.1, -0.05) is 12.1 Å². The van der Waals surface area contributed by atoms with Crippen molar-refractivity contribution in [3.8, 4) is 11.4 Å². The zero-order valence-electron chi connectivity index (χ0n) is 10.4. The predicted octanol–water partition coefficient (Wildman–Crippen LogP) is 2.78.